The highest BCUT2D eigenvalue weighted by Crippen LogP contribution is 2.28. The van der Waals surface area contributed by atoms with Crippen LogP contribution in [0.1, 0.15) is 29.9 Å². The topological polar surface area (TPSA) is 21.3 Å². The Kier molecular flexibility index (Phi) is 3.27. The summed E-state index contributed by atoms with van der Waals surface area (Å²) < 4.78 is 5.27. The van der Waals surface area contributed by atoms with Crippen molar-refractivity contribution >= 4 is 0 Å². The Morgan fingerprint density at radius 3 is 2.60 bits per heavy atom. The Balaban J connectivity index is 2.17. The van der Waals surface area contributed by atoms with Gasteiger partial charge in [0.15, 0.2) is 0 Å². The Labute approximate surface area is 91.6 Å². The zero-order valence-corrected chi connectivity index (χ0v) is 9.55. The van der Waals surface area contributed by atoms with E-state index in [0.717, 1.165) is 24.8 Å². The van der Waals surface area contributed by atoms with Gasteiger partial charge in [0.25, 0.3) is 0 Å². The maximum atomic E-state index is 5.27. The lowest BCUT2D eigenvalue weighted by Gasteiger charge is -2.23. The predicted molar refractivity (Wildman–Crippen MR) is 62.6 cm³/mol. The van der Waals surface area contributed by atoms with Crippen LogP contribution in [0.2, 0.25) is 0 Å². The normalized spacial score (nSPS) is 17.7. The van der Waals surface area contributed by atoms with Crippen molar-refractivity contribution in [3.05, 3.63) is 29.3 Å². The summed E-state index contributed by atoms with van der Waals surface area (Å²) in [7, 11) is 1.73. The van der Waals surface area contributed by atoms with Gasteiger partial charge in [-0.25, -0.2) is 0 Å². The van der Waals surface area contributed by atoms with Crippen molar-refractivity contribution in [1.82, 2.24) is 5.32 Å². The SMILES string of the molecule is COc1ccc(C2CCNCC2)cc1C. The minimum absolute atomic E-state index is 0.732. The van der Waals surface area contributed by atoms with Crippen LogP contribution in [0.15, 0.2) is 18.2 Å². The summed E-state index contributed by atoms with van der Waals surface area (Å²) in [4.78, 5) is 0. The minimum Gasteiger partial charge on any atom is -0.496 e. The van der Waals surface area contributed by atoms with Gasteiger partial charge in [-0.05, 0) is 56.0 Å². The molecule has 2 rings (SSSR count). The molecule has 15 heavy (non-hydrogen) atoms. The Morgan fingerprint density at radius 1 is 1.27 bits per heavy atom. The summed E-state index contributed by atoms with van der Waals surface area (Å²) in [5, 5.41) is 3.40. The number of nitrogens with one attached hydrogen (secondary N) is 1. The van der Waals surface area contributed by atoms with Gasteiger partial charge in [-0.15, -0.1) is 0 Å². The molecule has 1 saturated heterocycles. The van der Waals surface area contributed by atoms with Gasteiger partial charge in [-0.1, -0.05) is 12.1 Å². The van der Waals surface area contributed by atoms with Gasteiger partial charge in [-0.2, -0.15) is 0 Å². The number of ether oxygens (including phenoxy) is 1. The smallest absolute Gasteiger partial charge is 0.121 e. The summed E-state index contributed by atoms with van der Waals surface area (Å²) in [5.74, 6) is 1.73. The van der Waals surface area contributed by atoms with Gasteiger partial charge in [0, 0.05) is 0 Å². The van der Waals surface area contributed by atoms with Crippen molar-refractivity contribution in [2.45, 2.75) is 25.7 Å². The van der Waals surface area contributed by atoms with E-state index in [4.69, 9.17) is 4.74 Å². The van der Waals surface area contributed by atoms with Crippen LogP contribution in [0, 0.1) is 6.92 Å². The third-order valence-electron chi connectivity index (χ3n) is 3.23. The zero-order valence-electron chi connectivity index (χ0n) is 9.55. The van der Waals surface area contributed by atoms with Crippen molar-refractivity contribution in [3.63, 3.8) is 0 Å². The molecule has 1 aliphatic heterocycles. The van der Waals surface area contributed by atoms with Crippen LogP contribution in [0.4, 0.5) is 0 Å². The molecule has 0 atom stereocenters. The zero-order chi connectivity index (χ0) is 10.7. The predicted octanol–water partition coefficient (Wildman–Crippen LogP) is 2.47. The molecule has 0 spiro atoms. The molecular formula is C13H19NO. The standard InChI is InChI=1S/C13H19NO/c1-10-9-12(3-4-13(10)15-2)11-5-7-14-8-6-11/h3-4,9,11,14H,5-8H2,1-2H3. The molecule has 1 aromatic carbocycles. The van der Waals surface area contributed by atoms with Crippen LogP contribution in [0.25, 0.3) is 0 Å². The van der Waals surface area contributed by atoms with Crippen LogP contribution < -0.4 is 10.1 Å². The van der Waals surface area contributed by atoms with E-state index < -0.39 is 0 Å². The number of piperidine rings is 1. The van der Waals surface area contributed by atoms with Crippen molar-refractivity contribution in [1.29, 1.82) is 0 Å². The molecule has 1 fully saturated rings. The van der Waals surface area contributed by atoms with E-state index in [9.17, 15) is 0 Å². The summed E-state index contributed by atoms with van der Waals surface area (Å²) in [5.41, 5.74) is 2.71. The maximum absolute atomic E-state index is 5.27. The lowest BCUT2D eigenvalue weighted by atomic mass is 9.89. The second-order valence-electron chi connectivity index (χ2n) is 4.25. The molecule has 0 aromatic heterocycles. The van der Waals surface area contributed by atoms with E-state index in [1.807, 2.05) is 0 Å². The Bertz CT molecular complexity index is 329. The average molecular weight is 205 g/mol. The van der Waals surface area contributed by atoms with E-state index in [1.54, 1.807) is 7.11 Å². The van der Waals surface area contributed by atoms with E-state index >= 15 is 0 Å². The molecule has 0 aliphatic carbocycles. The molecular weight excluding hydrogens is 186 g/mol. The lowest BCUT2D eigenvalue weighted by molar-refractivity contribution is 0.410. The minimum atomic E-state index is 0.732. The molecule has 0 saturated carbocycles. The van der Waals surface area contributed by atoms with E-state index in [-0.39, 0.29) is 0 Å². The first-order valence-corrected chi connectivity index (χ1v) is 5.66. The second-order valence-corrected chi connectivity index (χ2v) is 4.25. The summed E-state index contributed by atoms with van der Waals surface area (Å²) in [6.45, 7) is 4.41. The first kappa shape index (κ1) is 10.5. The number of rotatable bonds is 2. The molecule has 0 amide bonds. The van der Waals surface area contributed by atoms with Crippen LogP contribution in [-0.4, -0.2) is 20.2 Å². The largest absolute Gasteiger partial charge is 0.496 e. The van der Waals surface area contributed by atoms with E-state index in [1.165, 1.54) is 24.0 Å². The van der Waals surface area contributed by atoms with Gasteiger partial charge < -0.3 is 10.1 Å². The maximum Gasteiger partial charge on any atom is 0.121 e. The Hall–Kier alpha value is -1.02. The fraction of sp³-hybridized carbons (Fsp3) is 0.538. The van der Waals surface area contributed by atoms with Gasteiger partial charge >= 0.3 is 0 Å². The van der Waals surface area contributed by atoms with Crippen molar-refractivity contribution in [2.24, 2.45) is 0 Å². The third kappa shape index (κ3) is 2.32. The number of benzene rings is 1. The highest BCUT2D eigenvalue weighted by atomic mass is 16.5. The first-order valence-electron chi connectivity index (χ1n) is 5.66. The van der Waals surface area contributed by atoms with Crippen molar-refractivity contribution in [2.75, 3.05) is 20.2 Å². The molecule has 2 nitrogen and oxygen atoms in total. The summed E-state index contributed by atoms with van der Waals surface area (Å²) in [6.07, 6.45) is 2.51. The summed E-state index contributed by atoms with van der Waals surface area (Å²) >= 11 is 0. The highest BCUT2D eigenvalue weighted by Gasteiger charge is 2.15. The van der Waals surface area contributed by atoms with Crippen LogP contribution in [0.3, 0.4) is 0 Å². The number of aryl methyl sites for hydroxylation is 1. The second kappa shape index (κ2) is 4.67. The molecule has 0 radical (unpaired) electrons. The fourth-order valence-electron chi connectivity index (χ4n) is 2.31. The Morgan fingerprint density at radius 2 is 2.00 bits per heavy atom. The molecule has 1 aliphatic rings. The quantitative estimate of drug-likeness (QED) is 0.801. The van der Waals surface area contributed by atoms with Crippen molar-refractivity contribution in [3.8, 4) is 5.75 Å². The number of methoxy groups -OCH3 is 1. The average Bonchev–Trinajstić information content (AvgIpc) is 2.30. The fourth-order valence-corrected chi connectivity index (χ4v) is 2.31. The molecule has 1 aromatic rings. The van der Waals surface area contributed by atoms with E-state index in [0.29, 0.717) is 0 Å². The van der Waals surface area contributed by atoms with Crippen LogP contribution in [0.5, 0.6) is 5.75 Å². The van der Waals surface area contributed by atoms with Gasteiger partial charge in [0.1, 0.15) is 5.75 Å². The molecule has 0 bridgehead atoms. The first-order chi connectivity index (χ1) is 7.31. The van der Waals surface area contributed by atoms with Crippen molar-refractivity contribution < 1.29 is 4.74 Å². The third-order valence-corrected chi connectivity index (χ3v) is 3.23. The molecule has 2 heteroatoms. The highest BCUT2D eigenvalue weighted by molar-refractivity contribution is 5.37. The van der Waals surface area contributed by atoms with E-state index in [2.05, 4.69) is 30.4 Å². The van der Waals surface area contributed by atoms with Crippen LogP contribution >= 0.6 is 0 Å². The summed E-state index contributed by atoms with van der Waals surface area (Å²) in [6, 6.07) is 6.57. The molecule has 1 N–H and O–H groups in total. The number of hydrogen-bond acceptors (Lipinski definition) is 2. The van der Waals surface area contributed by atoms with Gasteiger partial charge in [0.05, 0.1) is 7.11 Å². The lowest BCUT2D eigenvalue weighted by Crippen LogP contribution is -2.26. The monoisotopic (exact) mass is 205 g/mol. The molecule has 0 unspecified atom stereocenters. The van der Waals surface area contributed by atoms with Gasteiger partial charge in [0.2, 0.25) is 0 Å². The molecule has 1 heterocycles. The number of hydrogen-bond donors (Lipinski definition) is 1. The van der Waals surface area contributed by atoms with Crippen LogP contribution in [-0.2, 0) is 0 Å². The molecule has 82 valence electrons. The van der Waals surface area contributed by atoms with Gasteiger partial charge in [-0.3, -0.25) is 0 Å².